The maximum atomic E-state index is 12.0. The van der Waals surface area contributed by atoms with Crippen LogP contribution in [-0.4, -0.2) is 17.6 Å². The fourth-order valence-corrected chi connectivity index (χ4v) is 3.91. The largest absolute Gasteiger partial charge is 0.337 e. The second-order valence-corrected chi connectivity index (χ2v) is 7.00. The first-order chi connectivity index (χ1) is 11.3. The number of carbonyl (C=O) groups excluding carboxylic acids is 1. The second kappa shape index (κ2) is 8.11. The number of hydrogen-bond donors (Lipinski definition) is 2. The van der Waals surface area contributed by atoms with Crippen molar-refractivity contribution in [3.63, 3.8) is 0 Å². The van der Waals surface area contributed by atoms with Crippen molar-refractivity contribution in [2.45, 2.75) is 44.9 Å². The molecule has 1 aliphatic rings. The zero-order valence-electron chi connectivity index (χ0n) is 13.3. The first-order valence-electron chi connectivity index (χ1n) is 8.38. The van der Waals surface area contributed by atoms with Crippen LogP contribution in [0.4, 0.5) is 9.93 Å². The van der Waals surface area contributed by atoms with Crippen molar-refractivity contribution in [2.75, 3.05) is 11.9 Å². The summed E-state index contributed by atoms with van der Waals surface area (Å²) in [6, 6.07) is 10.0. The van der Waals surface area contributed by atoms with Crippen LogP contribution in [0.2, 0.25) is 0 Å². The van der Waals surface area contributed by atoms with E-state index in [0.29, 0.717) is 6.54 Å². The standard InChI is InChI=1S/C18H23N3OS/c22-17(19-13-12-14-8-4-3-5-9-14)21-18-20-15-10-6-1-2-7-11-16(15)23-18/h3-5,8-9H,1-2,6-7,10-13H2,(H2,19,20,21,22). The van der Waals surface area contributed by atoms with Gasteiger partial charge in [-0.3, -0.25) is 5.32 Å². The molecule has 2 amide bonds. The molecule has 0 saturated carbocycles. The van der Waals surface area contributed by atoms with Gasteiger partial charge in [-0.15, -0.1) is 11.3 Å². The van der Waals surface area contributed by atoms with E-state index >= 15 is 0 Å². The molecular formula is C18H23N3OS. The van der Waals surface area contributed by atoms with E-state index in [-0.39, 0.29) is 6.03 Å². The third-order valence-electron chi connectivity index (χ3n) is 4.11. The lowest BCUT2D eigenvalue weighted by molar-refractivity contribution is 0.252. The number of nitrogens with zero attached hydrogens (tertiary/aromatic N) is 1. The van der Waals surface area contributed by atoms with Crippen LogP contribution >= 0.6 is 11.3 Å². The summed E-state index contributed by atoms with van der Waals surface area (Å²) in [5.41, 5.74) is 2.42. The molecular weight excluding hydrogens is 306 g/mol. The van der Waals surface area contributed by atoms with Gasteiger partial charge < -0.3 is 5.32 Å². The van der Waals surface area contributed by atoms with Crippen LogP contribution in [0, 0.1) is 0 Å². The normalized spacial score (nSPS) is 14.4. The Morgan fingerprint density at radius 1 is 1.09 bits per heavy atom. The van der Waals surface area contributed by atoms with Crippen LogP contribution in [0.1, 0.15) is 41.8 Å². The molecule has 2 N–H and O–H groups in total. The average Bonchev–Trinajstić information content (AvgIpc) is 2.89. The number of amides is 2. The third-order valence-corrected chi connectivity index (χ3v) is 5.18. The van der Waals surface area contributed by atoms with Crippen LogP contribution in [-0.2, 0) is 19.3 Å². The molecule has 0 fully saturated rings. The number of aryl methyl sites for hydroxylation is 2. The lowest BCUT2D eigenvalue weighted by Gasteiger charge is -2.06. The van der Waals surface area contributed by atoms with E-state index in [2.05, 4.69) is 27.8 Å². The lowest BCUT2D eigenvalue weighted by atomic mass is 10.0. The molecule has 122 valence electrons. The maximum Gasteiger partial charge on any atom is 0.321 e. The highest BCUT2D eigenvalue weighted by Crippen LogP contribution is 2.28. The number of aromatic nitrogens is 1. The molecule has 0 saturated heterocycles. The quantitative estimate of drug-likeness (QED) is 0.884. The van der Waals surface area contributed by atoms with Crippen molar-refractivity contribution >= 4 is 22.5 Å². The molecule has 0 spiro atoms. The summed E-state index contributed by atoms with van der Waals surface area (Å²) in [4.78, 5) is 18.0. The molecule has 0 bridgehead atoms. The zero-order chi connectivity index (χ0) is 15.9. The number of fused-ring (bicyclic) bond motifs is 1. The van der Waals surface area contributed by atoms with E-state index in [4.69, 9.17) is 0 Å². The van der Waals surface area contributed by atoms with Gasteiger partial charge in [0.2, 0.25) is 0 Å². The number of hydrogen-bond acceptors (Lipinski definition) is 3. The molecule has 5 heteroatoms. The van der Waals surface area contributed by atoms with Crippen molar-refractivity contribution in [3.05, 3.63) is 46.5 Å². The highest BCUT2D eigenvalue weighted by molar-refractivity contribution is 7.15. The van der Waals surface area contributed by atoms with Gasteiger partial charge in [0.15, 0.2) is 5.13 Å². The van der Waals surface area contributed by atoms with Gasteiger partial charge >= 0.3 is 6.03 Å². The predicted molar refractivity (Wildman–Crippen MR) is 95.2 cm³/mol. The van der Waals surface area contributed by atoms with Crippen molar-refractivity contribution in [1.82, 2.24) is 10.3 Å². The number of rotatable bonds is 4. The molecule has 0 atom stereocenters. The summed E-state index contributed by atoms with van der Waals surface area (Å²) >= 11 is 1.63. The Bertz CT molecular complexity index is 613. The number of nitrogens with one attached hydrogen (secondary N) is 2. The van der Waals surface area contributed by atoms with Crippen molar-refractivity contribution in [1.29, 1.82) is 0 Å². The van der Waals surface area contributed by atoms with Crippen LogP contribution in [0.25, 0.3) is 0 Å². The Hall–Kier alpha value is -1.88. The number of urea groups is 1. The monoisotopic (exact) mass is 329 g/mol. The number of anilines is 1. The number of carbonyl (C=O) groups is 1. The van der Waals surface area contributed by atoms with Crippen LogP contribution in [0.5, 0.6) is 0 Å². The molecule has 23 heavy (non-hydrogen) atoms. The molecule has 2 aromatic rings. The van der Waals surface area contributed by atoms with Gasteiger partial charge in [-0.05, 0) is 37.7 Å². The summed E-state index contributed by atoms with van der Waals surface area (Å²) in [6.07, 6.45) is 8.02. The fraction of sp³-hybridized carbons (Fsp3) is 0.444. The smallest absolute Gasteiger partial charge is 0.321 e. The Morgan fingerprint density at radius 3 is 2.70 bits per heavy atom. The van der Waals surface area contributed by atoms with Gasteiger partial charge in [-0.1, -0.05) is 43.2 Å². The Kier molecular flexibility index (Phi) is 5.64. The molecule has 3 rings (SSSR count). The van der Waals surface area contributed by atoms with Crippen molar-refractivity contribution in [3.8, 4) is 0 Å². The van der Waals surface area contributed by atoms with Gasteiger partial charge in [-0.25, -0.2) is 9.78 Å². The number of thiazole rings is 1. The lowest BCUT2D eigenvalue weighted by Crippen LogP contribution is -2.30. The molecule has 1 aromatic carbocycles. The molecule has 0 radical (unpaired) electrons. The maximum absolute atomic E-state index is 12.0. The van der Waals surface area contributed by atoms with E-state index in [1.807, 2.05) is 18.2 Å². The summed E-state index contributed by atoms with van der Waals surface area (Å²) in [5, 5.41) is 6.52. The van der Waals surface area contributed by atoms with Gasteiger partial charge in [0.25, 0.3) is 0 Å². The summed E-state index contributed by atoms with van der Waals surface area (Å²) < 4.78 is 0. The van der Waals surface area contributed by atoms with Gasteiger partial charge in [0.05, 0.1) is 5.69 Å². The molecule has 0 aliphatic heterocycles. The second-order valence-electron chi connectivity index (χ2n) is 5.92. The van der Waals surface area contributed by atoms with Crippen LogP contribution in [0.15, 0.2) is 30.3 Å². The summed E-state index contributed by atoms with van der Waals surface area (Å²) in [5.74, 6) is 0. The average molecular weight is 329 g/mol. The minimum absolute atomic E-state index is 0.164. The SMILES string of the molecule is O=C(NCCc1ccccc1)Nc1nc2c(s1)CCCCCC2. The Labute approximate surface area is 141 Å². The van der Waals surface area contributed by atoms with Crippen molar-refractivity contribution < 1.29 is 4.79 Å². The Balaban J connectivity index is 1.49. The van der Waals surface area contributed by atoms with E-state index < -0.39 is 0 Å². The highest BCUT2D eigenvalue weighted by Gasteiger charge is 2.14. The van der Waals surface area contributed by atoms with E-state index in [1.165, 1.54) is 41.8 Å². The van der Waals surface area contributed by atoms with Crippen LogP contribution in [0.3, 0.4) is 0 Å². The van der Waals surface area contributed by atoms with Gasteiger partial charge in [-0.2, -0.15) is 0 Å². The van der Waals surface area contributed by atoms with E-state index in [1.54, 1.807) is 11.3 Å². The van der Waals surface area contributed by atoms with Crippen molar-refractivity contribution in [2.24, 2.45) is 0 Å². The molecule has 0 unspecified atom stereocenters. The minimum atomic E-state index is -0.164. The zero-order valence-corrected chi connectivity index (χ0v) is 14.1. The first kappa shape index (κ1) is 16.0. The number of benzene rings is 1. The summed E-state index contributed by atoms with van der Waals surface area (Å²) in [7, 11) is 0. The predicted octanol–water partition coefficient (Wildman–Crippen LogP) is 4.17. The van der Waals surface area contributed by atoms with E-state index in [9.17, 15) is 4.79 Å². The minimum Gasteiger partial charge on any atom is -0.337 e. The van der Waals surface area contributed by atoms with Crippen LogP contribution < -0.4 is 10.6 Å². The molecule has 4 nitrogen and oxygen atoms in total. The fourth-order valence-electron chi connectivity index (χ4n) is 2.87. The van der Waals surface area contributed by atoms with E-state index in [0.717, 1.165) is 24.4 Å². The van der Waals surface area contributed by atoms with Gasteiger partial charge in [0, 0.05) is 11.4 Å². The molecule has 1 aliphatic carbocycles. The Morgan fingerprint density at radius 2 is 1.87 bits per heavy atom. The molecule has 1 aromatic heterocycles. The highest BCUT2D eigenvalue weighted by atomic mass is 32.1. The van der Waals surface area contributed by atoms with Gasteiger partial charge in [0.1, 0.15) is 0 Å². The molecule has 1 heterocycles. The topological polar surface area (TPSA) is 54.0 Å². The first-order valence-corrected chi connectivity index (χ1v) is 9.20. The third kappa shape index (κ3) is 4.79. The summed E-state index contributed by atoms with van der Waals surface area (Å²) in [6.45, 7) is 0.626.